The van der Waals surface area contributed by atoms with Gasteiger partial charge in [-0.2, -0.15) is 0 Å². The Kier molecular flexibility index (Phi) is 6.23. The normalized spacial score (nSPS) is 17.6. The molecule has 4 amide bonds. The monoisotopic (exact) mass is 434 g/mol. The zero-order chi connectivity index (χ0) is 22.7. The lowest BCUT2D eigenvalue weighted by Gasteiger charge is -2.29. The Hall–Kier alpha value is -3.65. The molecule has 2 N–H and O–H groups in total. The number of urea groups is 1. The average Bonchev–Trinajstić information content (AvgIpc) is 3.04. The molecule has 2 aromatic rings. The van der Waals surface area contributed by atoms with E-state index < -0.39 is 17.8 Å². The lowest BCUT2D eigenvalue weighted by Crippen LogP contribution is -2.38. The summed E-state index contributed by atoms with van der Waals surface area (Å²) in [5.41, 5.74) is 4.75. The minimum Gasteiger partial charge on any atom is -0.378 e. The third-order valence-corrected chi connectivity index (χ3v) is 5.53. The Morgan fingerprint density at radius 1 is 1.09 bits per heavy atom. The van der Waals surface area contributed by atoms with Crippen LogP contribution in [0.15, 0.2) is 48.2 Å². The van der Waals surface area contributed by atoms with Crippen molar-refractivity contribution in [1.29, 1.82) is 0 Å². The minimum absolute atomic E-state index is 0.153. The highest BCUT2D eigenvalue weighted by atomic mass is 16.5. The largest absolute Gasteiger partial charge is 0.378 e. The number of rotatable bonds is 5. The average molecular weight is 434 g/mol. The number of hydrogen-bond acceptors (Lipinski definition) is 5. The summed E-state index contributed by atoms with van der Waals surface area (Å²) < 4.78 is 5.40. The molecule has 0 unspecified atom stereocenters. The number of anilines is 2. The van der Waals surface area contributed by atoms with E-state index in [1.807, 2.05) is 38.1 Å². The first-order valence-electron chi connectivity index (χ1n) is 10.5. The van der Waals surface area contributed by atoms with E-state index in [9.17, 15) is 14.4 Å². The van der Waals surface area contributed by atoms with Crippen LogP contribution in [0.1, 0.15) is 16.7 Å². The number of carbonyl (C=O) groups excluding carboxylic acids is 3. The number of carbonyl (C=O) groups is 3. The van der Waals surface area contributed by atoms with Crippen LogP contribution in [-0.2, 0) is 14.3 Å². The highest BCUT2D eigenvalue weighted by Gasteiger charge is 2.35. The molecule has 2 fully saturated rings. The van der Waals surface area contributed by atoms with Crippen molar-refractivity contribution in [3.63, 3.8) is 0 Å². The molecule has 0 saturated carbocycles. The van der Waals surface area contributed by atoms with Gasteiger partial charge in [-0.15, -0.1) is 0 Å². The number of amides is 4. The van der Waals surface area contributed by atoms with E-state index in [2.05, 4.69) is 21.6 Å². The third kappa shape index (κ3) is 4.81. The molecule has 2 aromatic carbocycles. The van der Waals surface area contributed by atoms with Crippen molar-refractivity contribution in [1.82, 2.24) is 10.2 Å². The standard InChI is InChI=1S/C24H26N4O4/c1-16-3-6-19(7-4-16)25-22(29)15-28-23(30)21(26-24(28)31)14-18-5-8-20(13-17(18)2)27-9-11-32-12-10-27/h3-8,13-14H,9-12,15H2,1-2H3,(H,25,29)(H,26,31)/b21-14-. The fourth-order valence-corrected chi connectivity index (χ4v) is 3.69. The van der Waals surface area contributed by atoms with E-state index in [0.717, 1.165) is 40.4 Å². The van der Waals surface area contributed by atoms with Gasteiger partial charge in [0.2, 0.25) is 5.91 Å². The molecular formula is C24H26N4O4. The van der Waals surface area contributed by atoms with Gasteiger partial charge in [0.1, 0.15) is 12.2 Å². The van der Waals surface area contributed by atoms with E-state index in [1.165, 1.54) is 0 Å². The maximum atomic E-state index is 12.8. The maximum Gasteiger partial charge on any atom is 0.329 e. The molecule has 166 valence electrons. The fraction of sp³-hybridized carbons (Fsp3) is 0.292. The second-order valence-corrected chi connectivity index (χ2v) is 7.93. The zero-order valence-corrected chi connectivity index (χ0v) is 18.2. The number of imide groups is 1. The Bertz CT molecular complexity index is 1070. The van der Waals surface area contributed by atoms with Gasteiger partial charge in [0.05, 0.1) is 13.2 Å². The molecule has 32 heavy (non-hydrogen) atoms. The highest BCUT2D eigenvalue weighted by Crippen LogP contribution is 2.23. The molecule has 4 rings (SSSR count). The van der Waals surface area contributed by atoms with Gasteiger partial charge in [-0.1, -0.05) is 23.8 Å². The van der Waals surface area contributed by atoms with Crippen LogP contribution in [0.4, 0.5) is 16.2 Å². The minimum atomic E-state index is -0.608. The van der Waals surface area contributed by atoms with E-state index in [-0.39, 0.29) is 12.2 Å². The summed E-state index contributed by atoms with van der Waals surface area (Å²) in [6, 6.07) is 12.7. The van der Waals surface area contributed by atoms with E-state index >= 15 is 0 Å². The van der Waals surface area contributed by atoms with Gasteiger partial charge in [-0.3, -0.25) is 9.59 Å². The molecule has 2 saturated heterocycles. The Morgan fingerprint density at radius 3 is 2.50 bits per heavy atom. The summed E-state index contributed by atoms with van der Waals surface area (Å²) in [7, 11) is 0. The second kappa shape index (κ2) is 9.23. The lowest BCUT2D eigenvalue weighted by molar-refractivity contribution is -0.127. The van der Waals surface area contributed by atoms with E-state index in [4.69, 9.17) is 4.74 Å². The van der Waals surface area contributed by atoms with Crippen molar-refractivity contribution in [3.05, 3.63) is 64.9 Å². The maximum absolute atomic E-state index is 12.8. The van der Waals surface area contributed by atoms with Crippen molar-refractivity contribution in [2.75, 3.05) is 43.1 Å². The van der Waals surface area contributed by atoms with Gasteiger partial charge in [0.15, 0.2) is 0 Å². The smallest absolute Gasteiger partial charge is 0.329 e. The lowest BCUT2D eigenvalue weighted by atomic mass is 10.1. The number of hydrogen-bond donors (Lipinski definition) is 2. The molecule has 8 nitrogen and oxygen atoms in total. The van der Waals surface area contributed by atoms with Gasteiger partial charge in [-0.25, -0.2) is 9.69 Å². The van der Waals surface area contributed by atoms with Gasteiger partial charge in [-0.05, 0) is 55.3 Å². The fourth-order valence-electron chi connectivity index (χ4n) is 3.69. The summed E-state index contributed by atoms with van der Waals surface area (Å²) in [6.07, 6.45) is 1.65. The predicted octanol–water partition coefficient (Wildman–Crippen LogP) is 2.67. The highest BCUT2D eigenvalue weighted by molar-refractivity contribution is 6.16. The third-order valence-electron chi connectivity index (χ3n) is 5.53. The number of morpholine rings is 1. The van der Waals surface area contributed by atoms with E-state index in [1.54, 1.807) is 18.2 Å². The topological polar surface area (TPSA) is 91.0 Å². The first-order valence-corrected chi connectivity index (χ1v) is 10.5. The first-order chi connectivity index (χ1) is 15.4. The van der Waals surface area contributed by atoms with Crippen LogP contribution in [0.3, 0.4) is 0 Å². The van der Waals surface area contributed by atoms with Gasteiger partial charge in [0.25, 0.3) is 5.91 Å². The number of nitrogens with zero attached hydrogens (tertiary/aromatic N) is 2. The van der Waals surface area contributed by atoms with Gasteiger partial charge < -0.3 is 20.3 Å². The molecule has 0 bridgehead atoms. The van der Waals surface area contributed by atoms with Crippen molar-refractivity contribution < 1.29 is 19.1 Å². The summed E-state index contributed by atoms with van der Waals surface area (Å²) in [6.45, 7) is 6.65. The first kappa shape index (κ1) is 21.6. The number of nitrogens with one attached hydrogen (secondary N) is 2. The molecule has 2 aliphatic heterocycles. The number of benzene rings is 2. The predicted molar refractivity (Wildman–Crippen MR) is 122 cm³/mol. The van der Waals surface area contributed by atoms with Crippen molar-refractivity contribution in [3.8, 4) is 0 Å². The van der Waals surface area contributed by atoms with Crippen LogP contribution in [-0.4, -0.2) is 55.6 Å². The van der Waals surface area contributed by atoms with Crippen LogP contribution in [0.2, 0.25) is 0 Å². The van der Waals surface area contributed by atoms with Crippen molar-refractivity contribution >= 4 is 35.3 Å². The van der Waals surface area contributed by atoms with Crippen LogP contribution in [0, 0.1) is 13.8 Å². The molecule has 0 radical (unpaired) electrons. The molecule has 0 spiro atoms. The number of ether oxygens (including phenoxy) is 1. The molecular weight excluding hydrogens is 408 g/mol. The Morgan fingerprint density at radius 2 is 1.81 bits per heavy atom. The zero-order valence-electron chi connectivity index (χ0n) is 18.2. The van der Waals surface area contributed by atoms with Crippen LogP contribution in [0.25, 0.3) is 6.08 Å². The summed E-state index contributed by atoms with van der Waals surface area (Å²) >= 11 is 0. The quantitative estimate of drug-likeness (QED) is 0.558. The van der Waals surface area contributed by atoms with E-state index in [0.29, 0.717) is 18.9 Å². The van der Waals surface area contributed by atoms with Gasteiger partial charge >= 0.3 is 6.03 Å². The SMILES string of the molecule is Cc1ccc(NC(=O)CN2C(=O)N/C(=C\c3ccc(N4CCOCC4)cc3C)C2=O)cc1. The van der Waals surface area contributed by atoms with Gasteiger partial charge in [0, 0.05) is 24.5 Å². The molecule has 2 heterocycles. The van der Waals surface area contributed by atoms with Crippen molar-refractivity contribution in [2.45, 2.75) is 13.8 Å². The Balaban J connectivity index is 1.43. The Labute approximate surface area is 186 Å². The number of aryl methyl sites for hydroxylation is 2. The molecule has 8 heteroatoms. The van der Waals surface area contributed by atoms with Crippen LogP contribution in [0.5, 0.6) is 0 Å². The molecule has 0 aliphatic carbocycles. The molecule has 2 aliphatic rings. The molecule has 0 aromatic heterocycles. The molecule has 0 atom stereocenters. The van der Waals surface area contributed by atoms with Crippen LogP contribution >= 0.6 is 0 Å². The second-order valence-electron chi connectivity index (χ2n) is 7.93. The summed E-state index contributed by atoms with van der Waals surface area (Å²) in [4.78, 5) is 40.6. The summed E-state index contributed by atoms with van der Waals surface area (Å²) in [5.74, 6) is -0.963. The van der Waals surface area contributed by atoms with Crippen molar-refractivity contribution in [2.24, 2.45) is 0 Å². The summed E-state index contributed by atoms with van der Waals surface area (Å²) in [5, 5.41) is 5.28. The van der Waals surface area contributed by atoms with Crippen LogP contribution < -0.4 is 15.5 Å².